The Morgan fingerprint density at radius 2 is 1.63 bits per heavy atom. The summed E-state index contributed by atoms with van der Waals surface area (Å²) in [5.74, 6) is -0.129. The van der Waals surface area contributed by atoms with Crippen LogP contribution in [-0.4, -0.2) is 62.9 Å². The maximum atomic E-state index is 13.2. The van der Waals surface area contributed by atoms with E-state index in [0.717, 1.165) is 25.7 Å². The van der Waals surface area contributed by atoms with E-state index in [1.807, 2.05) is 18.7 Å². The minimum absolute atomic E-state index is 0.0477. The maximum absolute atomic E-state index is 13.2. The predicted octanol–water partition coefficient (Wildman–Crippen LogP) is 5.03. The van der Waals surface area contributed by atoms with Gasteiger partial charge in [-0.25, -0.2) is 0 Å². The van der Waals surface area contributed by atoms with Crippen LogP contribution in [-0.2, 0) is 9.53 Å². The summed E-state index contributed by atoms with van der Waals surface area (Å²) < 4.78 is 4.74. The molecule has 1 heterocycles. The second kappa shape index (κ2) is 8.48. The van der Waals surface area contributed by atoms with Crippen molar-refractivity contribution >= 4 is 18.1 Å². The van der Waals surface area contributed by atoms with Gasteiger partial charge in [-0.2, -0.15) is 9.59 Å². The minimum atomic E-state index is -1.21. The van der Waals surface area contributed by atoms with Gasteiger partial charge in [0.1, 0.15) is 18.2 Å². The number of amides is 3. The largest absolute Gasteiger partial charge is 0.527 e. The van der Waals surface area contributed by atoms with Crippen LogP contribution in [0.25, 0.3) is 0 Å². The Bertz CT molecular complexity index is 672. The lowest BCUT2D eigenvalue weighted by atomic mass is 9.75. The molecule has 1 saturated carbocycles. The van der Waals surface area contributed by atoms with E-state index in [4.69, 9.17) is 4.74 Å². The van der Waals surface area contributed by atoms with E-state index in [0.29, 0.717) is 6.42 Å². The van der Waals surface area contributed by atoms with Gasteiger partial charge in [0.25, 0.3) is 0 Å². The molecule has 0 radical (unpaired) electrons. The molecule has 0 aromatic rings. The summed E-state index contributed by atoms with van der Waals surface area (Å²) in [6, 6.07) is -0.660. The summed E-state index contributed by atoms with van der Waals surface area (Å²) >= 11 is 0. The standard InChI is InChI=1S/C23H40N2O5/c1-15(2)19(26)24(17-9-11-23(7,8)12-10-17)18-13-16(3)25(14-18,20(27)28)21(29)30-22(4,5)6/h15-18H,9-14H2,1-8H3/p+1/t16?,18-,25?/m0/s1. The van der Waals surface area contributed by atoms with E-state index >= 15 is 0 Å². The van der Waals surface area contributed by atoms with Gasteiger partial charge >= 0.3 is 12.2 Å². The number of carboxylic acid groups (broad SMARTS) is 1. The molecule has 2 rings (SSSR count). The summed E-state index contributed by atoms with van der Waals surface area (Å²) in [6.45, 7) is 15.3. The molecule has 2 aliphatic rings. The summed E-state index contributed by atoms with van der Waals surface area (Å²) in [7, 11) is 0. The first-order valence-electron chi connectivity index (χ1n) is 11.3. The first kappa shape index (κ1) is 24.6. The van der Waals surface area contributed by atoms with E-state index in [9.17, 15) is 19.5 Å². The lowest BCUT2D eigenvalue weighted by Crippen LogP contribution is -2.61. The third-order valence-electron chi connectivity index (χ3n) is 6.77. The maximum Gasteiger partial charge on any atom is 0.527 e. The number of nitrogens with zero attached hydrogens (tertiary/aromatic N) is 2. The third kappa shape index (κ3) is 4.98. The Kier molecular flexibility index (Phi) is 6.97. The molecule has 7 nitrogen and oxygen atoms in total. The molecule has 30 heavy (non-hydrogen) atoms. The van der Waals surface area contributed by atoms with Crippen LogP contribution in [0.4, 0.5) is 9.59 Å². The van der Waals surface area contributed by atoms with Gasteiger partial charge in [-0.05, 0) is 58.8 Å². The molecule has 0 aromatic heterocycles. The molecule has 172 valence electrons. The predicted molar refractivity (Wildman–Crippen MR) is 115 cm³/mol. The van der Waals surface area contributed by atoms with E-state index in [2.05, 4.69) is 13.8 Å². The average molecular weight is 426 g/mol. The minimum Gasteiger partial charge on any atom is -0.435 e. The molecule has 3 atom stereocenters. The smallest absolute Gasteiger partial charge is 0.435 e. The molecule has 2 fully saturated rings. The molecular weight excluding hydrogens is 384 g/mol. The number of hydrogen-bond donors (Lipinski definition) is 1. The van der Waals surface area contributed by atoms with Crippen molar-refractivity contribution < 1.29 is 28.7 Å². The zero-order valence-electron chi connectivity index (χ0n) is 20.0. The summed E-state index contributed by atoms with van der Waals surface area (Å²) in [5, 5.41) is 10.1. The number of carbonyl (C=O) groups excluding carboxylic acids is 2. The molecule has 0 spiro atoms. The number of rotatable bonds is 3. The molecule has 0 aromatic carbocycles. The normalized spacial score (nSPS) is 29.6. The average Bonchev–Trinajstić information content (AvgIpc) is 2.93. The Labute approximate surface area is 181 Å². The number of carbonyl (C=O) groups is 3. The fourth-order valence-corrected chi connectivity index (χ4v) is 4.92. The Balaban J connectivity index is 2.35. The van der Waals surface area contributed by atoms with Gasteiger partial charge in [0.15, 0.2) is 0 Å². The van der Waals surface area contributed by atoms with Crippen LogP contribution in [0.15, 0.2) is 0 Å². The van der Waals surface area contributed by atoms with Gasteiger partial charge in [-0.1, -0.05) is 27.7 Å². The number of likely N-dealkylation sites (tertiary alicyclic amines) is 1. The van der Waals surface area contributed by atoms with Gasteiger partial charge in [0.05, 0.1) is 6.04 Å². The molecule has 7 heteroatoms. The number of ether oxygens (including phenoxy) is 1. The van der Waals surface area contributed by atoms with Crippen LogP contribution < -0.4 is 0 Å². The van der Waals surface area contributed by atoms with Gasteiger partial charge in [-0.15, -0.1) is 4.48 Å². The van der Waals surface area contributed by atoms with Gasteiger partial charge < -0.3 is 14.7 Å². The van der Waals surface area contributed by atoms with Crippen molar-refractivity contribution in [2.24, 2.45) is 11.3 Å². The Morgan fingerprint density at radius 1 is 1.10 bits per heavy atom. The van der Waals surface area contributed by atoms with Gasteiger partial charge in [-0.3, -0.25) is 4.79 Å². The fourth-order valence-electron chi connectivity index (χ4n) is 4.92. The lowest BCUT2D eigenvalue weighted by Gasteiger charge is -2.43. The highest BCUT2D eigenvalue weighted by molar-refractivity contribution is 5.80. The molecule has 1 aliphatic heterocycles. The highest BCUT2D eigenvalue weighted by atomic mass is 16.6. The van der Waals surface area contributed by atoms with Crippen LogP contribution in [0.1, 0.15) is 87.5 Å². The van der Waals surface area contributed by atoms with Crippen LogP contribution in [0.3, 0.4) is 0 Å². The van der Waals surface area contributed by atoms with Gasteiger partial charge in [0, 0.05) is 18.4 Å². The molecule has 1 aliphatic carbocycles. The zero-order valence-corrected chi connectivity index (χ0v) is 20.0. The third-order valence-corrected chi connectivity index (χ3v) is 6.77. The van der Waals surface area contributed by atoms with Crippen LogP contribution in [0.5, 0.6) is 0 Å². The SMILES string of the molecule is CC(C)C(=O)N(C1CCC(C)(C)CC1)[C@H]1CC(C)[N+](C(=O)O)(C(=O)OC(C)(C)C)C1. The van der Waals surface area contributed by atoms with Crippen molar-refractivity contribution in [3.8, 4) is 0 Å². The van der Waals surface area contributed by atoms with Crippen molar-refractivity contribution in [2.45, 2.75) is 111 Å². The molecule has 0 bridgehead atoms. The fraction of sp³-hybridized carbons (Fsp3) is 0.870. The zero-order chi connectivity index (χ0) is 23.1. The molecular formula is C23H41N2O5+. The molecule has 1 N–H and O–H groups in total. The van der Waals surface area contributed by atoms with Crippen molar-refractivity contribution in [3.05, 3.63) is 0 Å². The molecule has 1 saturated heterocycles. The summed E-state index contributed by atoms with van der Waals surface area (Å²) in [5.41, 5.74) is -0.513. The van der Waals surface area contributed by atoms with Crippen molar-refractivity contribution in [3.63, 3.8) is 0 Å². The van der Waals surface area contributed by atoms with E-state index in [1.54, 1.807) is 27.7 Å². The lowest BCUT2D eigenvalue weighted by molar-refractivity contribution is -0.797. The first-order chi connectivity index (χ1) is 13.6. The quantitative estimate of drug-likeness (QED) is 0.641. The Hall–Kier alpha value is -1.63. The second-order valence-electron chi connectivity index (χ2n) is 11.3. The van der Waals surface area contributed by atoms with Crippen LogP contribution in [0, 0.1) is 11.3 Å². The molecule has 3 amide bonds. The van der Waals surface area contributed by atoms with Crippen LogP contribution >= 0.6 is 0 Å². The van der Waals surface area contributed by atoms with E-state index in [1.165, 1.54) is 0 Å². The first-order valence-corrected chi connectivity index (χ1v) is 11.3. The second-order valence-corrected chi connectivity index (χ2v) is 11.3. The van der Waals surface area contributed by atoms with Crippen molar-refractivity contribution in [1.82, 2.24) is 4.90 Å². The summed E-state index contributed by atoms with van der Waals surface area (Å²) in [4.78, 5) is 40.6. The summed E-state index contributed by atoms with van der Waals surface area (Å²) in [6.07, 6.45) is 2.42. The number of hydrogen-bond acceptors (Lipinski definition) is 4. The van der Waals surface area contributed by atoms with Crippen molar-refractivity contribution in [2.75, 3.05) is 6.54 Å². The Morgan fingerprint density at radius 3 is 2.07 bits per heavy atom. The molecule has 2 unspecified atom stereocenters. The number of quaternary nitrogens is 1. The topological polar surface area (TPSA) is 83.9 Å². The monoisotopic (exact) mass is 425 g/mol. The van der Waals surface area contributed by atoms with E-state index < -0.39 is 28.3 Å². The highest BCUT2D eigenvalue weighted by Crippen LogP contribution is 2.40. The van der Waals surface area contributed by atoms with E-state index in [-0.39, 0.29) is 35.9 Å². The van der Waals surface area contributed by atoms with Crippen molar-refractivity contribution in [1.29, 1.82) is 0 Å². The highest BCUT2D eigenvalue weighted by Gasteiger charge is 2.61. The van der Waals surface area contributed by atoms with Gasteiger partial charge in [0.2, 0.25) is 5.91 Å². The number of imide groups is 1. The van der Waals surface area contributed by atoms with Crippen LogP contribution in [0.2, 0.25) is 0 Å².